The number of nitrogen functional groups attached to an aromatic ring is 1. The molecule has 2 saturated heterocycles. The summed E-state index contributed by atoms with van der Waals surface area (Å²) in [7, 11) is 0. The molecular formula is C21H26ClFN6O2. The van der Waals surface area contributed by atoms with Crippen LogP contribution >= 0.6 is 11.6 Å². The van der Waals surface area contributed by atoms with Gasteiger partial charge < -0.3 is 26.0 Å². The van der Waals surface area contributed by atoms with Crippen LogP contribution < -0.4 is 16.0 Å². The van der Waals surface area contributed by atoms with E-state index in [-0.39, 0.29) is 24.1 Å². The monoisotopic (exact) mass is 448 g/mol. The van der Waals surface area contributed by atoms with Crippen molar-refractivity contribution in [1.82, 2.24) is 14.9 Å². The molecule has 1 amide bonds. The van der Waals surface area contributed by atoms with E-state index >= 15 is 0 Å². The highest BCUT2D eigenvalue weighted by atomic mass is 35.5. The molecule has 0 spiro atoms. The Morgan fingerprint density at radius 3 is 2.84 bits per heavy atom. The molecule has 2 fully saturated rings. The summed E-state index contributed by atoms with van der Waals surface area (Å²) in [6.45, 7) is 3.16. The first-order valence-electron chi connectivity index (χ1n) is 10.4. The van der Waals surface area contributed by atoms with Crippen LogP contribution in [-0.4, -0.2) is 63.7 Å². The number of hydrogen-bond acceptors (Lipinski definition) is 7. The first kappa shape index (κ1) is 21.6. The molecule has 0 saturated carbocycles. The fraction of sp³-hybridized carbons (Fsp3) is 0.476. The Balaban J connectivity index is 1.51. The summed E-state index contributed by atoms with van der Waals surface area (Å²) in [4.78, 5) is 24.4. The molecule has 2 aliphatic rings. The molecule has 1 aromatic carbocycles. The lowest BCUT2D eigenvalue weighted by Gasteiger charge is -2.45. The number of carbonyl (C=O) groups excluding carboxylic acids is 1. The average molecular weight is 449 g/mol. The van der Waals surface area contributed by atoms with Gasteiger partial charge in [0.2, 0.25) is 11.7 Å². The van der Waals surface area contributed by atoms with Gasteiger partial charge in [-0.15, -0.1) is 0 Å². The van der Waals surface area contributed by atoms with Crippen LogP contribution in [0.2, 0.25) is 5.02 Å². The third kappa shape index (κ3) is 4.52. The molecule has 31 heavy (non-hydrogen) atoms. The predicted molar refractivity (Wildman–Crippen MR) is 118 cm³/mol. The third-order valence-electron chi connectivity index (χ3n) is 5.90. The molecule has 0 bridgehead atoms. The van der Waals surface area contributed by atoms with Gasteiger partial charge in [0.05, 0.1) is 12.1 Å². The van der Waals surface area contributed by atoms with Gasteiger partial charge in [-0.2, -0.15) is 4.39 Å². The van der Waals surface area contributed by atoms with Gasteiger partial charge in [-0.3, -0.25) is 4.79 Å². The molecule has 166 valence electrons. The number of aliphatic hydroxyl groups excluding tert-OH is 1. The molecule has 4 rings (SSSR count). The number of benzene rings is 1. The summed E-state index contributed by atoms with van der Waals surface area (Å²) in [5.74, 6) is -0.892. The lowest BCUT2D eigenvalue weighted by Crippen LogP contribution is -2.61. The zero-order valence-corrected chi connectivity index (χ0v) is 18.0. The topological polar surface area (TPSA) is 108 Å². The molecule has 0 aliphatic carbocycles. The Morgan fingerprint density at radius 1 is 1.26 bits per heavy atom. The van der Waals surface area contributed by atoms with E-state index in [0.29, 0.717) is 31.0 Å². The number of nitrogens with zero attached hydrogens (tertiary/aromatic N) is 4. The van der Waals surface area contributed by atoms with Crippen LogP contribution in [0.4, 0.5) is 21.7 Å². The van der Waals surface area contributed by atoms with Crippen molar-refractivity contribution in [1.29, 1.82) is 0 Å². The van der Waals surface area contributed by atoms with Gasteiger partial charge in [0.15, 0.2) is 11.6 Å². The zero-order valence-electron chi connectivity index (χ0n) is 17.3. The zero-order chi connectivity index (χ0) is 22.1. The fourth-order valence-corrected chi connectivity index (χ4v) is 4.69. The van der Waals surface area contributed by atoms with E-state index in [1.165, 1.54) is 6.33 Å². The summed E-state index contributed by atoms with van der Waals surface area (Å²) < 4.78 is 14.4. The smallest absolute Gasteiger partial charge is 0.245 e. The first-order chi connectivity index (χ1) is 14.8. The summed E-state index contributed by atoms with van der Waals surface area (Å²) in [6.07, 6.45) is 2.39. The number of likely N-dealkylation sites (tertiary alicyclic amines) is 1. The maximum atomic E-state index is 14.4. The number of rotatable bonds is 4. The predicted octanol–water partition coefficient (Wildman–Crippen LogP) is 2.20. The van der Waals surface area contributed by atoms with Crippen LogP contribution in [0.15, 0.2) is 24.5 Å². The molecular weight excluding hydrogens is 423 g/mol. The number of nitrogens with two attached hydrogens (primary N) is 1. The molecule has 10 heteroatoms. The molecule has 3 heterocycles. The molecule has 4 N–H and O–H groups in total. The van der Waals surface area contributed by atoms with Crippen LogP contribution in [0, 0.1) is 12.7 Å². The Hall–Kier alpha value is -2.65. The molecule has 2 aromatic rings. The maximum absolute atomic E-state index is 14.4. The maximum Gasteiger partial charge on any atom is 0.245 e. The first-order valence-corrected chi connectivity index (χ1v) is 10.7. The third-order valence-corrected chi connectivity index (χ3v) is 6.12. The van der Waals surface area contributed by atoms with Gasteiger partial charge in [-0.05, 0) is 49.9 Å². The second kappa shape index (κ2) is 8.84. The van der Waals surface area contributed by atoms with Gasteiger partial charge in [0.25, 0.3) is 0 Å². The van der Waals surface area contributed by atoms with Crippen LogP contribution in [0.1, 0.15) is 24.8 Å². The van der Waals surface area contributed by atoms with Crippen LogP contribution in [0.25, 0.3) is 0 Å². The van der Waals surface area contributed by atoms with E-state index in [2.05, 4.69) is 15.3 Å². The van der Waals surface area contributed by atoms with Crippen molar-refractivity contribution in [2.45, 2.75) is 44.4 Å². The van der Waals surface area contributed by atoms with E-state index in [9.17, 15) is 14.3 Å². The van der Waals surface area contributed by atoms with Crippen molar-refractivity contribution in [3.05, 3.63) is 40.9 Å². The van der Waals surface area contributed by atoms with Crippen molar-refractivity contribution in [2.75, 3.05) is 35.6 Å². The van der Waals surface area contributed by atoms with Crippen molar-refractivity contribution >= 4 is 34.8 Å². The highest BCUT2D eigenvalue weighted by Gasteiger charge is 2.40. The standard InChI is InChI=1S/C21H26ClFN6O2/c1-12-7-13(22)9-14(8-12)27-15-3-2-5-29(21(15)31)16-10-28(6-4-17(16)30)20-18(23)19(24)25-11-26-20/h7-9,11,15-17,27,30H,2-6,10H2,1H3,(H2,24,25,26)/t15-,16+,17+/m0/s1. The normalized spacial score (nSPS) is 24.4. The largest absolute Gasteiger partial charge is 0.391 e. The van der Waals surface area contributed by atoms with Crippen LogP contribution in [0.3, 0.4) is 0 Å². The van der Waals surface area contributed by atoms with E-state index in [1.54, 1.807) is 15.9 Å². The minimum absolute atomic E-state index is 0.0857. The lowest BCUT2D eigenvalue weighted by molar-refractivity contribution is -0.140. The average Bonchev–Trinajstić information content (AvgIpc) is 2.72. The second-order valence-corrected chi connectivity index (χ2v) is 8.59. The van der Waals surface area contributed by atoms with Crippen molar-refractivity contribution in [3.63, 3.8) is 0 Å². The summed E-state index contributed by atoms with van der Waals surface area (Å²) in [5, 5.41) is 14.6. The lowest BCUT2D eigenvalue weighted by atomic mass is 9.95. The molecule has 0 unspecified atom stereocenters. The van der Waals surface area contributed by atoms with Gasteiger partial charge in [-0.1, -0.05) is 11.6 Å². The van der Waals surface area contributed by atoms with E-state index in [4.69, 9.17) is 17.3 Å². The SMILES string of the molecule is Cc1cc(Cl)cc(N[C@H]2CCCN([C@@H]3CN(c4ncnc(N)c4F)CC[C@H]3O)C2=O)c1. The molecule has 2 aliphatic heterocycles. The summed E-state index contributed by atoms with van der Waals surface area (Å²) >= 11 is 6.15. The van der Waals surface area contributed by atoms with Gasteiger partial charge >= 0.3 is 0 Å². The molecule has 8 nitrogen and oxygen atoms in total. The number of carbonyl (C=O) groups is 1. The fourth-order valence-electron chi connectivity index (χ4n) is 4.40. The summed E-state index contributed by atoms with van der Waals surface area (Å²) in [6, 6.07) is 4.70. The minimum Gasteiger partial charge on any atom is -0.391 e. The van der Waals surface area contributed by atoms with Crippen molar-refractivity contribution in [3.8, 4) is 0 Å². The minimum atomic E-state index is -0.699. The molecule has 1 aromatic heterocycles. The number of halogens is 2. The molecule has 3 atom stereocenters. The number of piperidine rings is 2. The van der Waals surface area contributed by atoms with Crippen molar-refractivity contribution < 1.29 is 14.3 Å². The quantitative estimate of drug-likeness (QED) is 0.658. The van der Waals surface area contributed by atoms with Crippen LogP contribution in [0.5, 0.6) is 0 Å². The van der Waals surface area contributed by atoms with Gasteiger partial charge in [-0.25, -0.2) is 9.97 Å². The van der Waals surface area contributed by atoms with E-state index < -0.39 is 24.0 Å². The molecule has 0 radical (unpaired) electrons. The van der Waals surface area contributed by atoms with E-state index in [1.807, 2.05) is 19.1 Å². The Bertz CT molecular complexity index is 957. The van der Waals surface area contributed by atoms with Crippen molar-refractivity contribution in [2.24, 2.45) is 0 Å². The Labute approximate surface area is 185 Å². The Kier molecular flexibility index (Phi) is 6.15. The van der Waals surface area contributed by atoms with Gasteiger partial charge in [0, 0.05) is 30.3 Å². The highest BCUT2D eigenvalue weighted by Crippen LogP contribution is 2.28. The number of aliphatic hydroxyl groups is 1. The number of aromatic nitrogens is 2. The highest BCUT2D eigenvalue weighted by molar-refractivity contribution is 6.30. The summed E-state index contributed by atoms with van der Waals surface area (Å²) in [5.41, 5.74) is 7.37. The number of anilines is 3. The van der Waals surface area contributed by atoms with E-state index in [0.717, 1.165) is 17.7 Å². The number of nitrogens with one attached hydrogen (secondary N) is 1. The Morgan fingerprint density at radius 2 is 2.06 bits per heavy atom. The van der Waals surface area contributed by atoms with Crippen LogP contribution in [-0.2, 0) is 4.79 Å². The van der Waals surface area contributed by atoms with Gasteiger partial charge in [0.1, 0.15) is 12.4 Å². The number of aryl methyl sites for hydroxylation is 1. The second-order valence-electron chi connectivity index (χ2n) is 8.15. The number of amides is 1. The number of hydrogen-bond donors (Lipinski definition) is 3.